The minimum absolute atomic E-state index is 0.0410. The van der Waals surface area contributed by atoms with Gasteiger partial charge in [0.2, 0.25) is 0 Å². The summed E-state index contributed by atoms with van der Waals surface area (Å²) in [6, 6.07) is 6.90. The summed E-state index contributed by atoms with van der Waals surface area (Å²) in [6.45, 7) is 6.69. The van der Waals surface area contributed by atoms with Gasteiger partial charge in [-0.2, -0.15) is 22.4 Å². The number of hydrogen-bond donors (Lipinski definition) is 1. The molecule has 0 spiro atoms. The van der Waals surface area contributed by atoms with E-state index in [1.54, 1.807) is 6.07 Å². The van der Waals surface area contributed by atoms with Gasteiger partial charge in [0.05, 0.1) is 34.8 Å². The molecule has 1 atom stereocenters. The number of carbonyl (C=O) groups is 1. The first-order valence-corrected chi connectivity index (χ1v) is 13.4. The van der Waals surface area contributed by atoms with Gasteiger partial charge in [0.15, 0.2) is 0 Å². The van der Waals surface area contributed by atoms with Crippen LogP contribution in [-0.4, -0.2) is 39.1 Å². The van der Waals surface area contributed by atoms with Crippen molar-refractivity contribution in [1.29, 1.82) is 0 Å². The Balaban J connectivity index is 1.45. The molecule has 0 radical (unpaired) electrons. The summed E-state index contributed by atoms with van der Waals surface area (Å²) in [5.74, 6) is -0.253. The second-order valence-corrected chi connectivity index (χ2v) is 11.5. The Morgan fingerprint density at radius 3 is 2.49 bits per heavy atom. The van der Waals surface area contributed by atoms with E-state index >= 15 is 0 Å². The number of aromatic nitrogens is 3. The van der Waals surface area contributed by atoms with E-state index in [0.717, 1.165) is 33.0 Å². The number of alkyl halides is 3. The molecule has 1 aromatic carbocycles. The molecule has 4 rings (SSSR count). The highest BCUT2D eigenvalue weighted by atomic mass is 32.2. The molecule has 0 saturated heterocycles. The molecule has 37 heavy (non-hydrogen) atoms. The number of benzene rings is 1. The third-order valence-corrected chi connectivity index (χ3v) is 7.82. The van der Waals surface area contributed by atoms with Crippen LogP contribution in [0.4, 0.5) is 13.2 Å². The van der Waals surface area contributed by atoms with E-state index in [2.05, 4.69) is 34.1 Å². The molecule has 1 aliphatic heterocycles. The van der Waals surface area contributed by atoms with E-state index < -0.39 is 21.8 Å². The molecule has 0 bridgehead atoms. The molecular weight excluding hydrogens is 507 g/mol. The van der Waals surface area contributed by atoms with Gasteiger partial charge in [-0.15, -0.1) is 0 Å². The SMILES string of the molecule is CCS(=O)(=O)n1cc(CNC(=O)c2cnc3c(c2)CN(Cc2ccc(C(F)(F)F)cc2)C3C(C)C)cn1. The van der Waals surface area contributed by atoms with Crippen molar-refractivity contribution in [3.8, 4) is 0 Å². The quantitative estimate of drug-likeness (QED) is 0.466. The van der Waals surface area contributed by atoms with Gasteiger partial charge >= 0.3 is 6.18 Å². The molecule has 12 heteroatoms. The van der Waals surface area contributed by atoms with Crippen LogP contribution in [-0.2, 0) is 35.8 Å². The maximum absolute atomic E-state index is 12.9. The Kier molecular flexibility index (Phi) is 7.43. The van der Waals surface area contributed by atoms with E-state index in [4.69, 9.17) is 0 Å². The zero-order valence-corrected chi connectivity index (χ0v) is 21.5. The molecule has 0 saturated carbocycles. The van der Waals surface area contributed by atoms with Crippen molar-refractivity contribution in [2.24, 2.45) is 5.92 Å². The van der Waals surface area contributed by atoms with Crippen molar-refractivity contribution in [3.63, 3.8) is 0 Å². The third kappa shape index (κ3) is 5.85. The topological polar surface area (TPSA) is 97.2 Å². The molecule has 3 heterocycles. The predicted molar refractivity (Wildman–Crippen MR) is 131 cm³/mol. The van der Waals surface area contributed by atoms with Crippen molar-refractivity contribution in [3.05, 3.63) is 82.4 Å². The normalized spacial score (nSPS) is 16.2. The maximum atomic E-state index is 12.9. The minimum atomic E-state index is -4.38. The molecule has 1 amide bonds. The number of nitrogens with zero attached hydrogens (tertiary/aromatic N) is 4. The molecule has 1 unspecified atom stereocenters. The lowest BCUT2D eigenvalue weighted by atomic mass is 9.99. The summed E-state index contributed by atoms with van der Waals surface area (Å²) in [7, 11) is -3.50. The van der Waals surface area contributed by atoms with Crippen molar-refractivity contribution >= 4 is 15.9 Å². The Morgan fingerprint density at radius 1 is 1.16 bits per heavy atom. The Bertz CT molecular complexity index is 1390. The van der Waals surface area contributed by atoms with E-state index in [9.17, 15) is 26.4 Å². The van der Waals surface area contributed by atoms with Crippen LogP contribution < -0.4 is 5.32 Å². The van der Waals surface area contributed by atoms with Gasteiger partial charge < -0.3 is 5.32 Å². The van der Waals surface area contributed by atoms with Crippen LogP contribution in [0, 0.1) is 5.92 Å². The fourth-order valence-corrected chi connectivity index (χ4v) is 5.20. The van der Waals surface area contributed by atoms with Crippen molar-refractivity contribution in [2.75, 3.05) is 5.75 Å². The Labute approximate surface area is 213 Å². The predicted octanol–water partition coefficient (Wildman–Crippen LogP) is 4.14. The average Bonchev–Trinajstić information content (AvgIpc) is 3.46. The zero-order chi connectivity index (χ0) is 27.0. The van der Waals surface area contributed by atoms with E-state index in [1.807, 2.05) is 0 Å². The number of nitrogens with one attached hydrogen (secondary N) is 1. The van der Waals surface area contributed by atoms with Crippen molar-refractivity contribution in [1.82, 2.24) is 24.4 Å². The minimum Gasteiger partial charge on any atom is -0.348 e. The number of hydrogen-bond acceptors (Lipinski definition) is 6. The molecule has 198 valence electrons. The van der Waals surface area contributed by atoms with Crippen molar-refractivity contribution < 1.29 is 26.4 Å². The largest absolute Gasteiger partial charge is 0.416 e. The molecule has 0 fully saturated rings. The zero-order valence-electron chi connectivity index (χ0n) is 20.7. The Morgan fingerprint density at radius 2 is 1.86 bits per heavy atom. The number of rotatable bonds is 8. The summed E-state index contributed by atoms with van der Waals surface area (Å²) in [5, 5.41) is 6.60. The van der Waals surface area contributed by atoms with Crippen LogP contribution >= 0.6 is 0 Å². The lowest BCUT2D eigenvalue weighted by molar-refractivity contribution is -0.137. The van der Waals surface area contributed by atoms with Crippen LogP contribution in [0.15, 0.2) is 48.9 Å². The van der Waals surface area contributed by atoms with Crippen LogP contribution in [0.3, 0.4) is 0 Å². The van der Waals surface area contributed by atoms with Crippen molar-refractivity contribution in [2.45, 2.75) is 52.6 Å². The van der Waals surface area contributed by atoms with Gasteiger partial charge in [0.1, 0.15) is 0 Å². The summed E-state index contributed by atoms with van der Waals surface area (Å²) in [6.07, 6.45) is -0.110. The Hall–Kier alpha value is -3.25. The van der Waals surface area contributed by atoms with Gasteiger partial charge in [-0.25, -0.2) is 8.42 Å². The second-order valence-electron chi connectivity index (χ2n) is 9.36. The standard InChI is InChI=1S/C25H28F3N5O3S/c1-4-37(35,36)33-14-18(11-31-33)10-30-24(34)19-9-20-15-32(23(16(2)3)22(20)29-12-19)13-17-5-7-21(8-6-17)25(26,27)28/h5-9,11-12,14,16,23H,4,10,13,15H2,1-3H3,(H,30,34). The van der Waals surface area contributed by atoms with Crippen LogP contribution in [0.5, 0.6) is 0 Å². The highest BCUT2D eigenvalue weighted by Gasteiger charge is 2.35. The van der Waals surface area contributed by atoms with Gasteiger partial charge in [0, 0.05) is 37.6 Å². The first-order valence-electron chi connectivity index (χ1n) is 11.8. The molecule has 3 aromatic rings. The van der Waals surface area contributed by atoms with E-state index in [-0.39, 0.29) is 30.2 Å². The summed E-state index contributed by atoms with van der Waals surface area (Å²) in [5.41, 5.74) is 2.73. The molecule has 0 aliphatic carbocycles. The van der Waals surface area contributed by atoms with E-state index in [0.29, 0.717) is 24.2 Å². The van der Waals surface area contributed by atoms with Gasteiger partial charge in [0.25, 0.3) is 15.9 Å². The van der Waals surface area contributed by atoms with Crippen LogP contribution in [0.2, 0.25) is 0 Å². The van der Waals surface area contributed by atoms with E-state index in [1.165, 1.54) is 37.6 Å². The number of pyridine rings is 1. The highest BCUT2D eigenvalue weighted by Crippen LogP contribution is 2.39. The monoisotopic (exact) mass is 535 g/mol. The lowest BCUT2D eigenvalue weighted by Crippen LogP contribution is -2.25. The van der Waals surface area contributed by atoms with Gasteiger partial charge in [-0.3, -0.25) is 14.7 Å². The molecule has 1 N–H and O–H groups in total. The summed E-state index contributed by atoms with van der Waals surface area (Å²) in [4.78, 5) is 19.5. The van der Waals surface area contributed by atoms with Gasteiger partial charge in [-0.1, -0.05) is 26.0 Å². The van der Waals surface area contributed by atoms with Crippen LogP contribution in [0.1, 0.15) is 65.1 Å². The molecule has 8 nitrogen and oxygen atoms in total. The average molecular weight is 536 g/mol. The fraction of sp³-hybridized carbons (Fsp3) is 0.400. The van der Waals surface area contributed by atoms with Crippen LogP contribution in [0.25, 0.3) is 0 Å². The second kappa shape index (κ2) is 10.3. The smallest absolute Gasteiger partial charge is 0.348 e. The first-order chi connectivity index (χ1) is 17.4. The summed E-state index contributed by atoms with van der Waals surface area (Å²) < 4.78 is 63.4. The lowest BCUT2D eigenvalue weighted by Gasteiger charge is -2.27. The maximum Gasteiger partial charge on any atom is 0.416 e. The molecule has 1 aliphatic rings. The first kappa shape index (κ1) is 26.8. The molecular formula is C25H28F3N5O3S. The van der Waals surface area contributed by atoms with Gasteiger partial charge in [-0.05, 0) is 42.2 Å². The number of halogens is 3. The number of carbonyl (C=O) groups excluding carboxylic acids is 1. The summed E-state index contributed by atoms with van der Waals surface area (Å²) >= 11 is 0. The molecule has 2 aromatic heterocycles. The third-order valence-electron chi connectivity index (χ3n) is 6.33. The highest BCUT2D eigenvalue weighted by molar-refractivity contribution is 7.89. The number of amides is 1. The fourth-order valence-electron chi connectivity index (χ4n) is 4.45. The number of fused-ring (bicyclic) bond motifs is 1.